The average Bonchev–Trinajstić information content (AvgIpc) is 2.65. The van der Waals surface area contributed by atoms with Gasteiger partial charge in [-0.25, -0.2) is 9.07 Å². The number of halogens is 1. The molecule has 0 spiro atoms. The predicted octanol–water partition coefficient (Wildman–Crippen LogP) is 2.82. The number of rotatable bonds is 3. The van der Waals surface area contributed by atoms with Crippen LogP contribution in [0.3, 0.4) is 0 Å². The highest BCUT2D eigenvalue weighted by Gasteiger charge is 2.23. The van der Waals surface area contributed by atoms with E-state index in [0.717, 1.165) is 5.69 Å². The number of carbonyl (C=O) groups is 1. The zero-order valence-electron chi connectivity index (χ0n) is 11.0. The van der Waals surface area contributed by atoms with Gasteiger partial charge >= 0.3 is 5.97 Å². The minimum atomic E-state index is -0.884. The fraction of sp³-hybridized carbons (Fsp3) is 0.286. The summed E-state index contributed by atoms with van der Waals surface area (Å²) < 4.78 is 14.6. The van der Waals surface area contributed by atoms with E-state index in [1.807, 2.05) is 6.92 Å². The zero-order chi connectivity index (χ0) is 14.2. The third-order valence-electron chi connectivity index (χ3n) is 3.22. The van der Waals surface area contributed by atoms with Crippen LogP contribution in [0.1, 0.15) is 29.8 Å². The van der Waals surface area contributed by atoms with Crippen molar-refractivity contribution in [2.24, 2.45) is 0 Å². The van der Waals surface area contributed by atoms with Crippen molar-refractivity contribution >= 4 is 5.97 Å². The number of carboxylic acid groups (broad SMARTS) is 1. The molecule has 1 atom stereocenters. The van der Waals surface area contributed by atoms with Crippen molar-refractivity contribution in [1.82, 2.24) is 9.78 Å². The minimum absolute atomic E-state index is 0.315. The number of aliphatic carboxylic acids is 1. The van der Waals surface area contributed by atoms with E-state index in [9.17, 15) is 9.18 Å². The summed E-state index contributed by atoms with van der Waals surface area (Å²) in [7, 11) is 0. The molecule has 1 aromatic heterocycles. The van der Waals surface area contributed by atoms with Crippen LogP contribution < -0.4 is 0 Å². The molecule has 0 aliphatic rings. The predicted molar refractivity (Wildman–Crippen MR) is 69.0 cm³/mol. The van der Waals surface area contributed by atoms with Crippen LogP contribution in [0.4, 0.5) is 4.39 Å². The molecule has 0 saturated heterocycles. The van der Waals surface area contributed by atoms with Crippen LogP contribution in [0.25, 0.3) is 5.69 Å². The van der Waals surface area contributed by atoms with E-state index in [1.165, 1.54) is 12.1 Å². The first-order chi connectivity index (χ1) is 8.91. The lowest BCUT2D eigenvalue weighted by Crippen LogP contribution is -2.09. The number of hydrogen-bond acceptors (Lipinski definition) is 2. The third-order valence-corrected chi connectivity index (χ3v) is 3.22. The van der Waals surface area contributed by atoms with Crippen LogP contribution in [0.15, 0.2) is 24.3 Å². The number of nitrogens with zero attached hydrogens (tertiary/aromatic N) is 2. The van der Waals surface area contributed by atoms with Gasteiger partial charge in [-0.3, -0.25) is 4.79 Å². The van der Waals surface area contributed by atoms with E-state index in [4.69, 9.17) is 5.11 Å². The Kier molecular flexibility index (Phi) is 3.38. The number of carboxylic acids is 1. The highest BCUT2D eigenvalue weighted by Crippen LogP contribution is 2.25. The van der Waals surface area contributed by atoms with Gasteiger partial charge in [0.15, 0.2) is 0 Å². The Balaban J connectivity index is 2.52. The molecule has 2 rings (SSSR count). The minimum Gasteiger partial charge on any atom is -0.481 e. The van der Waals surface area contributed by atoms with Crippen molar-refractivity contribution in [3.63, 3.8) is 0 Å². The first-order valence-corrected chi connectivity index (χ1v) is 5.96. The van der Waals surface area contributed by atoms with Crippen molar-refractivity contribution in [3.8, 4) is 5.69 Å². The number of hydrogen-bond donors (Lipinski definition) is 1. The van der Waals surface area contributed by atoms with Crippen molar-refractivity contribution in [1.29, 1.82) is 0 Å². The van der Waals surface area contributed by atoms with E-state index in [2.05, 4.69) is 5.10 Å². The smallest absolute Gasteiger partial charge is 0.310 e. The van der Waals surface area contributed by atoms with E-state index in [1.54, 1.807) is 30.7 Å². The molecule has 1 aromatic carbocycles. The zero-order valence-corrected chi connectivity index (χ0v) is 11.0. The monoisotopic (exact) mass is 262 g/mol. The van der Waals surface area contributed by atoms with Crippen LogP contribution in [-0.2, 0) is 4.79 Å². The molecular formula is C14H15FN2O2. The molecular weight excluding hydrogens is 247 g/mol. The van der Waals surface area contributed by atoms with E-state index >= 15 is 0 Å². The summed E-state index contributed by atoms with van der Waals surface area (Å²) in [5.74, 6) is -1.82. The first-order valence-electron chi connectivity index (χ1n) is 5.96. The number of benzene rings is 1. The normalized spacial score (nSPS) is 12.4. The molecule has 1 heterocycles. The van der Waals surface area contributed by atoms with Gasteiger partial charge in [0.2, 0.25) is 0 Å². The fourth-order valence-corrected chi connectivity index (χ4v) is 2.24. The highest BCUT2D eigenvalue weighted by molar-refractivity contribution is 5.76. The van der Waals surface area contributed by atoms with E-state index < -0.39 is 11.9 Å². The topological polar surface area (TPSA) is 55.1 Å². The van der Waals surface area contributed by atoms with Crippen LogP contribution in [0, 0.1) is 19.7 Å². The van der Waals surface area contributed by atoms with Crippen LogP contribution in [0.5, 0.6) is 0 Å². The van der Waals surface area contributed by atoms with Crippen molar-refractivity contribution in [2.45, 2.75) is 26.7 Å². The molecule has 0 aliphatic carbocycles. The molecule has 0 saturated carbocycles. The molecule has 0 bridgehead atoms. The van der Waals surface area contributed by atoms with Crippen LogP contribution in [-0.4, -0.2) is 20.9 Å². The van der Waals surface area contributed by atoms with Crippen LogP contribution >= 0.6 is 0 Å². The Hall–Kier alpha value is -2.17. The Labute approximate surface area is 110 Å². The van der Waals surface area contributed by atoms with Gasteiger partial charge in [0.1, 0.15) is 5.82 Å². The standard InChI is InChI=1S/C14H15FN2O2/c1-8(14(18)19)13-9(2)16-17(10(13)3)12-6-4-11(15)5-7-12/h4-8H,1-3H3,(H,18,19). The molecule has 0 aliphatic heterocycles. The first kappa shape index (κ1) is 13.3. The van der Waals surface area contributed by atoms with E-state index in [0.29, 0.717) is 16.9 Å². The maximum atomic E-state index is 12.9. The van der Waals surface area contributed by atoms with Crippen molar-refractivity contribution in [2.75, 3.05) is 0 Å². The van der Waals surface area contributed by atoms with Gasteiger partial charge in [0.05, 0.1) is 17.3 Å². The second-order valence-corrected chi connectivity index (χ2v) is 4.53. The Morgan fingerprint density at radius 2 is 1.89 bits per heavy atom. The van der Waals surface area contributed by atoms with Crippen molar-refractivity contribution < 1.29 is 14.3 Å². The highest BCUT2D eigenvalue weighted by atomic mass is 19.1. The quantitative estimate of drug-likeness (QED) is 0.925. The third kappa shape index (κ3) is 2.36. The summed E-state index contributed by atoms with van der Waals surface area (Å²) in [6.45, 7) is 5.23. The van der Waals surface area contributed by atoms with Gasteiger partial charge in [-0.15, -0.1) is 0 Å². The molecule has 0 fully saturated rings. The Morgan fingerprint density at radius 1 is 1.32 bits per heavy atom. The lowest BCUT2D eigenvalue weighted by atomic mass is 9.99. The van der Waals surface area contributed by atoms with Gasteiger partial charge in [-0.1, -0.05) is 0 Å². The molecule has 2 aromatic rings. The maximum Gasteiger partial charge on any atom is 0.310 e. The second kappa shape index (κ2) is 4.84. The van der Waals surface area contributed by atoms with Gasteiger partial charge in [0.25, 0.3) is 0 Å². The Bertz CT molecular complexity index is 617. The number of aromatic nitrogens is 2. The van der Waals surface area contributed by atoms with E-state index in [-0.39, 0.29) is 5.82 Å². The lowest BCUT2D eigenvalue weighted by molar-refractivity contribution is -0.138. The summed E-state index contributed by atoms with van der Waals surface area (Å²) in [5.41, 5.74) is 2.86. The molecule has 1 N–H and O–H groups in total. The summed E-state index contributed by atoms with van der Waals surface area (Å²) in [4.78, 5) is 11.1. The van der Waals surface area contributed by atoms with Gasteiger partial charge in [-0.2, -0.15) is 5.10 Å². The lowest BCUT2D eigenvalue weighted by Gasteiger charge is -2.08. The average molecular weight is 262 g/mol. The van der Waals surface area contributed by atoms with Crippen molar-refractivity contribution in [3.05, 3.63) is 47.0 Å². The molecule has 100 valence electrons. The van der Waals surface area contributed by atoms with Gasteiger partial charge in [0, 0.05) is 11.3 Å². The summed E-state index contributed by atoms with van der Waals surface area (Å²) in [6.07, 6.45) is 0. The number of aryl methyl sites for hydroxylation is 1. The SMILES string of the molecule is Cc1nn(-c2ccc(F)cc2)c(C)c1C(C)C(=O)O. The summed E-state index contributed by atoms with van der Waals surface area (Å²) in [6, 6.07) is 5.94. The maximum absolute atomic E-state index is 12.9. The molecule has 1 unspecified atom stereocenters. The summed E-state index contributed by atoms with van der Waals surface area (Å²) in [5, 5.41) is 13.5. The molecule has 19 heavy (non-hydrogen) atoms. The molecule has 5 heteroatoms. The summed E-state index contributed by atoms with van der Waals surface area (Å²) >= 11 is 0. The van der Waals surface area contributed by atoms with Crippen LogP contribution in [0.2, 0.25) is 0 Å². The molecule has 0 radical (unpaired) electrons. The largest absolute Gasteiger partial charge is 0.481 e. The fourth-order valence-electron chi connectivity index (χ4n) is 2.24. The molecule has 0 amide bonds. The Morgan fingerprint density at radius 3 is 2.42 bits per heavy atom. The van der Waals surface area contributed by atoms with Gasteiger partial charge < -0.3 is 5.11 Å². The molecule has 4 nitrogen and oxygen atoms in total. The van der Waals surface area contributed by atoms with Gasteiger partial charge in [-0.05, 0) is 45.0 Å². The second-order valence-electron chi connectivity index (χ2n) is 4.53.